The predicted octanol–water partition coefficient (Wildman–Crippen LogP) is 30.6. The topological polar surface area (TPSA) is 32.4 Å². The summed E-state index contributed by atoms with van der Waals surface area (Å²) in [7, 11) is 0. The number of allylic oxidation sites excluding steroid dienone is 10. The summed E-state index contributed by atoms with van der Waals surface area (Å²) in [6.45, 7) is 47.7. The minimum atomic E-state index is -0.964. The Bertz CT molecular complexity index is 6300. The molecule has 10 heteroatoms. The Balaban J connectivity index is 0.000000113. The highest BCUT2D eigenvalue weighted by atomic mass is 15.5. The average Bonchev–Trinajstić information content (AvgIpc) is 1.53. The third-order valence-electron chi connectivity index (χ3n) is 31.8. The van der Waals surface area contributed by atoms with Crippen molar-refractivity contribution in [3.05, 3.63) is 445 Å². The molecule has 0 spiro atoms. The summed E-state index contributed by atoms with van der Waals surface area (Å²) in [5.41, 5.74) is 38.1. The second kappa shape index (κ2) is 36.3. The van der Waals surface area contributed by atoms with Gasteiger partial charge >= 0.3 is 0 Å². The van der Waals surface area contributed by atoms with Crippen LogP contribution in [0.4, 0.5) is 28.4 Å². The lowest BCUT2D eigenvalue weighted by Gasteiger charge is -2.46. The summed E-state index contributed by atoms with van der Waals surface area (Å²) < 4.78 is 9.64. The first kappa shape index (κ1) is 88.9. The van der Waals surface area contributed by atoms with Gasteiger partial charge in [-0.1, -0.05) is 302 Å². The molecule has 2 saturated carbocycles. The zero-order valence-corrected chi connectivity index (χ0v) is 82.3. The molecule has 132 heavy (non-hydrogen) atoms. The number of benzene rings is 10. The van der Waals surface area contributed by atoms with Gasteiger partial charge in [0.15, 0.2) is 0 Å². The lowest BCUT2D eigenvalue weighted by Crippen LogP contribution is -2.46. The van der Waals surface area contributed by atoms with Gasteiger partial charge in [-0.05, 0) is 271 Å². The summed E-state index contributed by atoms with van der Waals surface area (Å²) in [6.07, 6.45) is 36.7. The van der Waals surface area contributed by atoms with Crippen molar-refractivity contribution in [2.45, 2.75) is 246 Å². The number of anilines is 5. The molecule has 10 nitrogen and oxygen atoms in total. The van der Waals surface area contributed by atoms with Crippen molar-refractivity contribution in [2.75, 3.05) is 24.5 Å². The van der Waals surface area contributed by atoms with Gasteiger partial charge < -0.3 is 49.0 Å². The van der Waals surface area contributed by atoms with Crippen molar-refractivity contribution < 1.29 is 1.37 Å². The van der Waals surface area contributed by atoms with Crippen molar-refractivity contribution in [3.63, 3.8) is 0 Å². The van der Waals surface area contributed by atoms with Crippen LogP contribution in [-0.2, 0) is 5.54 Å². The molecule has 678 valence electrons. The summed E-state index contributed by atoms with van der Waals surface area (Å²) >= 11 is 0. The van der Waals surface area contributed by atoms with Crippen LogP contribution in [0.15, 0.2) is 367 Å². The van der Waals surface area contributed by atoms with E-state index < -0.39 is 11.6 Å². The SMILES string of the molecule is CC1=C2C=CC(c3ccccc3)(c3ccccc3)N2C(c2c(C)cccc2C)N1c1ccccc1C.CC1=C2N(C=CC2(C)C)C(C)N1c1ccccc1C.CC1=C2N(C=CC2(C)C2CCCC2)C(C)N1c1ccccc1C.CC1=C2N(C=CC2(C)C2CCCCC2)C(C)N1c1ccccc1C.[2H]C1(c2ccccc2)C=CC2=C(C)N(c3ccccc3C)C(c3c(C)cccc3C)N21. The number of hydrogen-bond donors (Lipinski definition) is 0. The Kier molecular flexibility index (Phi) is 24.4. The molecule has 10 heterocycles. The Labute approximate surface area is 792 Å². The van der Waals surface area contributed by atoms with Gasteiger partial charge in [-0.15, -0.1) is 0 Å². The number of fused-ring (bicyclic) bond motifs is 5. The molecule has 0 aromatic heterocycles. The second-order valence-corrected chi connectivity index (χ2v) is 40.2. The third-order valence-corrected chi connectivity index (χ3v) is 31.8. The van der Waals surface area contributed by atoms with E-state index in [4.69, 9.17) is 0 Å². The van der Waals surface area contributed by atoms with Crippen molar-refractivity contribution >= 4 is 28.4 Å². The van der Waals surface area contributed by atoms with Crippen LogP contribution >= 0.6 is 0 Å². The van der Waals surface area contributed by atoms with Gasteiger partial charge in [-0.25, -0.2) is 0 Å². The van der Waals surface area contributed by atoms with E-state index >= 15 is 0 Å². The molecule has 10 aliphatic heterocycles. The first-order valence-electron chi connectivity index (χ1n) is 49.5. The number of nitrogens with zero attached hydrogens (tertiary/aromatic N) is 10. The fraction of sp³-hybridized carbons (Fsp3) is 0.344. The predicted molar refractivity (Wildman–Crippen MR) is 554 cm³/mol. The van der Waals surface area contributed by atoms with Crippen LogP contribution in [-0.4, -0.2) is 43.0 Å². The van der Waals surface area contributed by atoms with Gasteiger partial charge in [0, 0.05) is 120 Å². The maximum atomic E-state index is 9.64. The molecule has 0 bridgehead atoms. The minimum Gasteiger partial charge on any atom is -0.335 e. The van der Waals surface area contributed by atoms with Crippen LogP contribution in [0.1, 0.15) is 238 Å². The Morgan fingerprint density at radius 3 is 1.01 bits per heavy atom. The molecule has 0 radical (unpaired) electrons. The molecule has 0 saturated heterocycles. The molecule has 8 unspecified atom stereocenters. The number of para-hydroxylation sites is 5. The van der Waals surface area contributed by atoms with E-state index in [0.29, 0.717) is 18.5 Å². The van der Waals surface area contributed by atoms with Crippen molar-refractivity contribution in [3.8, 4) is 0 Å². The second-order valence-electron chi connectivity index (χ2n) is 40.2. The van der Waals surface area contributed by atoms with E-state index in [1.54, 1.807) is 11.4 Å². The van der Waals surface area contributed by atoms with Gasteiger partial charge in [-0.2, -0.15) is 0 Å². The first-order chi connectivity index (χ1) is 64.0. The maximum absolute atomic E-state index is 9.64. The van der Waals surface area contributed by atoms with Gasteiger partial charge in [0.05, 0.1) is 18.8 Å². The Hall–Kier alpha value is -12.4. The highest BCUT2D eigenvalue weighted by molar-refractivity contribution is 5.71. The number of rotatable bonds is 12. The highest BCUT2D eigenvalue weighted by Gasteiger charge is 2.56. The van der Waals surface area contributed by atoms with Crippen molar-refractivity contribution in [1.82, 2.24) is 24.5 Å². The monoisotopic (exact) mass is 1750 g/mol. The van der Waals surface area contributed by atoms with Crippen LogP contribution in [0.3, 0.4) is 0 Å². The standard InChI is InChI=1S/C34H32N2.C28H28N2.C22H30N2.C21H28N2.C17H22N2/c1-24-14-11-12-21-30(24)35-27(4)31-22-23-34(28-17-7-5-8-18-28,29-19-9-6-10-20-29)36(31)33(35)32-25(2)15-13-16-26(32)3;1-19-11-8-9-16-24(19)29-22(4)25-17-18-26(23-14-6-5-7-15-23)30(25)28(29)27-20(2)12-10-13-21(27)3;1-16-10-8-9-13-20(16)24-17(2)21-22(4,14-15-23(21)18(24)3)19-11-6-5-7-12-19;1-15-9-5-8-12-19(15)23-16(2)20-21(4,18-10-6-7-11-18)13-14-22(20)17(23)3;1-12-8-6-7-9-15(12)19-13(2)16-17(4,5)10-11-18(16)14(19)3/h5-23,33H,1-4H3;5-18,26,28H,1-4H3;8-10,13-15,18-19H,5-7,11-12H2,1-4H3;5,8-9,12-14,17-18H,6-7,10-11H2,1-4H3;6-11,14H,1-5H3/i;26D;;;. The summed E-state index contributed by atoms with van der Waals surface area (Å²) in [5.74, 6) is 1.60. The van der Waals surface area contributed by atoms with Gasteiger partial charge in [0.25, 0.3) is 0 Å². The van der Waals surface area contributed by atoms with E-state index in [1.807, 2.05) is 24.3 Å². The fourth-order valence-electron chi connectivity index (χ4n) is 25.1. The quantitative estimate of drug-likeness (QED) is 0.118. The molecule has 22 rings (SSSR count). The van der Waals surface area contributed by atoms with Crippen LogP contribution in [0.5, 0.6) is 0 Å². The van der Waals surface area contributed by atoms with Crippen LogP contribution in [0.2, 0.25) is 0 Å². The summed E-state index contributed by atoms with van der Waals surface area (Å²) in [5, 5.41) is 0. The van der Waals surface area contributed by atoms with Crippen LogP contribution < -0.4 is 24.5 Å². The largest absolute Gasteiger partial charge is 0.335 e. The molecular weight excluding hydrogens is 1610 g/mol. The van der Waals surface area contributed by atoms with Gasteiger partial charge in [-0.3, -0.25) is 0 Å². The molecule has 10 aromatic rings. The molecule has 0 N–H and O–H groups in total. The van der Waals surface area contributed by atoms with E-state index in [9.17, 15) is 1.37 Å². The number of hydrogen-bond acceptors (Lipinski definition) is 10. The van der Waals surface area contributed by atoms with E-state index in [0.717, 1.165) is 23.1 Å². The normalized spacial score (nSPS) is 24.6. The highest BCUT2D eigenvalue weighted by Crippen LogP contribution is 2.61. The molecule has 2 fully saturated rings. The molecule has 10 aromatic carbocycles. The molecular formula is C122H140N10. The van der Waals surface area contributed by atoms with Crippen LogP contribution in [0, 0.1) is 90.4 Å². The Morgan fingerprint density at radius 1 is 0.295 bits per heavy atom. The van der Waals surface area contributed by atoms with Gasteiger partial charge in [0.1, 0.15) is 36.4 Å². The van der Waals surface area contributed by atoms with E-state index in [-0.39, 0.29) is 28.6 Å². The average molecular weight is 1750 g/mol. The molecule has 2 aliphatic carbocycles. The Morgan fingerprint density at radius 2 is 0.614 bits per heavy atom. The van der Waals surface area contributed by atoms with E-state index in [1.165, 1.54) is 198 Å². The zero-order chi connectivity index (χ0) is 93.5. The maximum Gasteiger partial charge on any atom is 0.134 e. The first-order valence-corrected chi connectivity index (χ1v) is 49.0. The third kappa shape index (κ3) is 15.4. The summed E-state index contributed by atoms with van der Waals surface area (Å²) in [6, 6.07) is 87.8. The van der Waals surface area contributed by atoms with Crippen molar-refractivity contribution in [1.29, 1.82) is 0 Å². The van der Waals surface area contributed by atoms with Gasteiger partial charge in [0.2, 0.25) is 0 Å². The lowest BCUT2D eigenvalue weighted by atomic mass is 9.68. The molecule has 0 amide bonds. The van der Waals surface area contributed by atoms with Crippen molar-refractivity contribution in [2.24, 2.45) is 28.1 Å². The zero-order valence-electron chi connectivity index (χ0n) is 83.3. The van der Waals surface area contributed by atoms with Crippen LogP contribution in [0.25, 0.3) is 0 Å². The minimum absolute atomic E-state index is 0.0118. The smallest absolute Gasteiger partial charge is 0.134 e. The summed E-state index contributed by atoms with van der Waals surface area (Å²) in [4.78, 5) is 24.9. The molecule has 12 aliphatic rings. The molecule has 8 atom stereocenters. The van der Waals surface area contributed by atoms with E-state index in [2.05, 4.69) is 480 Å². The lowest BCUT2D eigenvalue weighted by molar-refractivity contribution is 0.190. The fourth-order valence-corrected chi connectivity index (χ4v) is 25.1. The number of aryl methyl sites for hydroxylation is 9.